The van der Waals surface area contributed by atoms with Crippen LogP contribution in [0.2, 0.25) is 10.0 Å². The smallest absolute Gasteiger partial charge is 0.266 e. The Labute approximate surface area is 197 Å². The summed E-state index contributed by atoms with van der Waals surface area (Å²) in [5, 5.41) is 22.5. The Morgan fingerprint density at radius 1 is 1.13 bits per heavy atom. The number of phenols is 1. The van der Waals surface area contributed by atoms with Crippen molar-refractivity contribution in [3.8, 4) is 17.6 Å². The normalized spacial score (nSPS) is 11.0. The molecule has 0 aliphatic rings. The van der Waals surface area contributed by atoms with Crippen molar-refractivity contribution in [3.05, 3.63) is 91.9 Å². The van der Waals surface area contributed by atoms with E-state index in [0.717, 1.165) is 10.0 Å². The number of nitriles is 1. The van der Waals surface area contributed by atoms with Gasteiger partial charge >= 0.3 is 0 Å². The van der Waals surface area contributed by atoms with E-state index in [1.807, 2.05) is 6.07 Å². The maximum absolute atomic E-state index is 12.5. The molecule has 3 rings (SSSR count). The predicted molar refractivity (Wildman–Crippen MR) is 125 cm³/mol. The quantitative estimate of drug-likeness (QED) is 0.219. The fourth-order valence-corrected chi connectivity index (χ4v) is 3.45. The van der Waals surface area contributed by atoms with Gasteiger partial charge in [-0.3, -0.25) is 4.79 Å². The molecule has 31 heavy (non-hydrogen) atoms. The number of carbonyl (C=O) groups excluding carboxylic acids is 1. The van der Waals surface area contributed by atoms with E-state index >= 15 is 0 Å². The SMILES string of the molecule is N#C/C(=C\c1cc(Br)ccc1OCc1ccc(Cl)cc1Cl)C(=O)Nc1ccc(O)cc1. The second-order valence-corrected chi connectivity index (χ2v) is 8.14. The number of hydrogen-bond donors (Lipinski definition) is 2. The van der Waals surface area contributed by atoms with Gasteiger partial charge < -0.3 is 15.2 Å². The van der Waals surface area contributed by atoms with Gasteiger partial charge in [0.25, 0.3) is 5.91 Å². The Kier molecular flexibility index (Phi) is 7.59. The molecular formula is C23H15BrCl2N2O3. The van der Waals surface area contributed by atoms with Crippen molar-refractivity contribution in [2.75, 3.05) is 5.32 Å². The zero-order valence-electron chi connectivity index (χ0n) is 15.9. The number of benzene rings is 3. The van der Waals surface area contributed by atoms with Crippen molar-refractivity contribution in [2.24, 2.45) is 0 Å². The largest absolute Gasteiger partial charge is 0.508 e. The van der Waals surface area contributed by atoms with Crippen molar-refractivity contribution >= 4 is 56.8 Å². The number of nitrogens with one attached hydrogen (secondary N) is 1. The summed E-state index contributed by atoms with van der Waals surface area (Å²) in [5.74, 6) is -0.0370. The first-order valence-corrected chi connectivity index (χ1v) is 10.5. The van der Waals surface area contributed by atoms with Crippen LogP contribution in [0.25, 0.3) is 6.08 Å². The Morgan fingerprint density at radius 2 is 1.87 bits per heavy atom. The highest BCUT2D eigenvalue weighted by atomic mass is 79.9. The van der Waals surface area contributed by atoms with Gasteiger partial charge in [0.15, 0.2) is 0 Å². The number of anilines is 1. The second-order valence-electron chi connectivity index (χ2n) is 6.38. The van der Waals surface area contributed by atoms with Crippen LogP contribution in [-0.2, 0) is 11.4 Å². The summed E-state index contributed by atoms with van der Waals surface area (Å²) >= 11 is 15.5. The molecule has 2 N–H and O–H groups in total. The van der Waals surface area contributed by atoms with Gasteiger partial charge in [-0.2, -0.15) is 5.26 Å². The average Bonchev–Trinajstić information content (AvgIpc) is 2.74. The molecule has 0 bridgehead atoms. The summed E-state index contributed by atoms with van der Waals surface area (Å²) in [5.41, 5.74) is 1.62. The van der Waals surface area contributed by atoms with E-state index in [4.69, 9.17) is 27.9 Å². The van der Waals surface area contributed by atoms with Crippen LogP contribution in [0, 0.1) is 11.3 Å². The topological polar surface area (TPSA) is 82.3 Å². The molecule has 0 atom stereocenters. The molecule has 3 aromatic rings. The Hall–Kier alpha value is -2.98. The zero-order valence-corrected chi connectivity index (χ0v) is 19.0. The first-order chi connectivity index (χ1) is 14.9. The highest BCUT2D eigenvalue weighted by molar-refractivity contribution is 9.10. The fraction of sp³-hybridized carbons (Fsp3) is 0.0435. The van der Waals surface area contributed by atoms with Crippen molar-refractivity contribution in [3.63, 3.8) is 0 Å². The maximum atomic E-state index is 12.5. The third kappa shape index (κ3) is 6.25. The monoisotopic (exact) mass is 516 g/mol. The molecular weight excluding hydrogens is 503 g/mol. The van der Waals surface area contributed by atoms with Crippen molar-refractivity contribution in [1.82, 2.24) is 0 Å². The highest BCUT2D eigenvalue weighted by Crippen LogP contribution is 2.28. The molecule has 0 unspecified atom stereocenters. The zero-order chi connectivity index (χ0) is 22.4. The van der Waals surface area contributed by atoms with Crippen LogP contribution >= 0.6 is 39.1 Å². The maximum Gasteiger partial charge on any atom is 0.266 e. The van der Waals surface area contributed by atoms with E-state index in [0.29, 0.717) is 27.0 Å². The van der Waals surface area contributed by atoms with Gasteiger partial charge in [-0.1, -0.05) is 45.2 Å². The minimum atomic E-state index is -0.583. The number of ether oxygens (including phenoxy) is 1. The molecule has 0 fully saturated rings. The molecule has 0 aliphatic heterocycles. The summed E-state index contributed by atoms with van der Waals surface area (Å²) < 4.78 is 6.65. The van der Waals surface area contributed by atoms with Gasteiger partial charge in [0, 0.05) is 31.3 Å². The standard InChI is InChI=1S/C23H15BrCl2N2O3/c24-17-2-8-22(31-13-14-1-3-18(25)11-21(14)26)15(10-17)9-16(12-27)23(30)28-19-4-6-20(29)7-5-19/h1-11,29H,13H2,(H,28,30)/b16-9+. The highest BCUT2D eigenvalue weighted by Gasteiger charge is 2.13. The third-order valence-electron chi connectivity index (χ3n) is 4.16. The Bertz CT molecular complexity index is 1190. The lowest BCUT2D eigenvalue weighted by Crippen LogP contribution is -2.13. The van der Waals surface area contributed by atoms with Crippen LogP contribution in [-0.4, -0.2) is 11.0 Å². The number of halogens is 3. The van der Waals surface area contributed by atoms with Crippen LogP contribution in [0.3, 0.4) is 0 Å². The molecule has 8 heteroatoms. The van der Waals surface area contributed by atoms with Crippen molar-refractivity contribution in [1.29, 1.82) is 5.26 Å². The Morgan fingerprint density at radius 3 is 2.55 bits per heavy atom. The lowest BCUT2D eigenvalue weighted by molar-refractivity contribution is -0.112. The van der Waals surface area contributed by atoms with Crippen LogP contribution < -0.4 is 10.1 Å². The molecule has 1 amide bonds. The molecule has 156 valence electrons. The minimum Gasteiger partial charge on any atom is -0.508 e. The molecule has 0 heterocycles. The van der Waals surface area contributed by atoms with Crippen LogP contribution in [0.5, 0.6) is 11.5 Å². The lowest BCUT2D eigenvalue weighted by atomic mass is 10.1. The molecule has 0 saturated carbocycles. The van der Waals surface area contributed by atoms with Crippen LogP contribution in [0.4, 0.5) is 5.69 Å². The molecule has 0 aliphatic carbocycles. The number of amides is 1. The molecule has 0 aromatic heterocycles. The van der Waals surface area contributed by atoms with Gasteiger partial charge in [-0.05, 0) is 60.7 Å². The molecule has 5 nitrogen and oxygen atoms in total. The third-order valence-corrected chi connectivity index (χ3v) is 5.24. The van der Waals surface area contributed by atoms with Crippen molar-refractivity contribution < 1.29 is 14.6 Å². The molecule has 0 radical (unpaired) electrons. The number of rotatable bonds is 6. The number of carbonyl (C=O) groups is 1. The van der Waals surface area contributed by atoms with Crippen LogP contribution in [0.1, 0.15) is 11.1 Å². The van der Waals surface area contributed by atoms with E-state index in [1.165, 1.54) is 30.3 Å². The second kappa shape index (κ2) is 10.4. The first-order valence-electron chi connectivity index (χ1n) is 8.94. The summed E-state index contributed by atoms with van der Waals surface area (Å²) in [6.45, 7) is 0.181. The van der Waals surface area contributed by atoms with Gasteiger partial charge in [0.2, 0.25) is 0 Å². The van der Waals surface area contributed by atoms with E-state index in [1.54, 1.807) is 36.4 Å². The van der Waals surface area contributed by atoms with Crippen molar-refractivity contribution in [2.45, 2.75) is 6.61 Å². The average molecular weight is 518 g/mol. The summed E-state index contributed by atoms with van der Waals surface area (Å²) in [6, 6.07) is 18.2. The number of nitrogens with zero attached hydrogens (tertiary/aromatic N) is 1. The summed E-state index contributed by atoms with van der Waals surface area (Å²) in [7, 11) is 0. The van der Waals surface area contributed by atoms with E-state index in [-0.39, 0.29) is 17.9 Å². The number of phenolic OH excluding ortho intramolecular Hbond substituents is 1. The van der Waals surface area contributed by atoms with E-state index in [2.05, 4.69) is 21.2 Å². The van der Waals surface area contributed by atoms with E-state index < -0.39 is 5.91 Å². The molecule has 0 saturated heterocycles. The van der Waals surface area contributed by atoms with Gasteiger partial charge in [0.1, 0.15) is 29.7 Å². The molecule has 0 spiro atoms. The van der Waals surface area contributed by atoms with Gasteiger partial charge in [-0.25, -0.2) is 0 Å². The number of aromatic hydroxyl groups is 1. The first kappa shape index (κ1) is 22.7. The van der Waals surface area contributed by atoms with Crippen LogP contribution in [0.15, 0.2) is 70.7 Å². The van der Waals surface area contributed by atoms with Gasteiger partial charge in [0.05, 0.1) is 0 Å². The van der Waals surface area contributed by atoms with E-state index in [9.17, 15) is 15.2 Å². The predicted octanol–water partition coefficient (Wildman–Crippen LogP) is 6.59. The molecule has 3 aromatic carbocycles. The van der Waals surface area contributed by atoms with Gasteiger partial charge in [-0.15, -0.1) is 0 Å². The Balaban J connectivity index is 1.83. The summed E-state index contributed by atoms with van der Waals surface area (Å²) in [4.78, 5) is 12.5. The fourth-order valence-electron chi connectivity index (χ4n) is 2.61. The number of hydrogen-bond acceptors (Lipinski definition) is 4. The minimum absolute atomic E-state index is 0.0748. The summed E-state index contributed by atoms with van der Waals surface area (Å²) in [6.07, 6.45) is 1.44. The lowest BCUT2D eigenvalue weighted by Gasteiger charge is -2.12.